The van der Waals surface area contributed by atoms with Gasteiger partial charge in [-0.2, -0.15) is 0 Å². The summed E-state index contributed by atoms with van der Waals surface area (Å²) >= 11 is 0. The van der Waals surface area contributed by atoms with Gasteiger partial charge in [0.15, 0.2) is 11.6 Å². The highest BCUT2D eigenvalue weighted by atomic mass is 19.1. The maximum Gasteiger partial charge on any atom is 0.321 e. The van der Waals surface area contributed by atoms with Crippen LogP contribution < -0.4 is 4.74 Å². The Morgan fingerprint density at radius 2 is 2.26 bits per heavy atom. The minimum atomic E-state index is -0.806. The smallest absolute Gasteiger partial charge is 0.321 e. The molecule has 1 aromatic rings. The van der Waals surface area contributed by atoms with Gasteiger partial charge in [0, 0.05) is 6.54 Å². The van der Waals surface area contributed by atoms with Crippen LogP contribution in [0.15, 0.2) is 18.2 Å². The molecule has 1 fully saturated rings. The summed E-state index contributed by atoms with van der Waals surface area (Å²) in [6.07, 6.45) is 1.91. The molecular formula is C14H18FNO3. The Morgan fingerprint density at radius 3 is 2.74 bits per heavy atom. The number of methoxy groups -OCH3 is 1. The molecule has 1 unspecified atom stereocenters. The zero-order valence-corrected chi connectivity index (χ0v) is 11.1. The Bertz CT molecular complexity index is 474. The van der Waals surface area contributed by atoms with Crippen molar-refractivity contribution in [2.24, 2.45) is 5.92 Å². The molecule has 1 aliphatic rings. The van der Waals surface area contributed by atoms with Gasteiger partial charge in [0.25, 0.3) is 0 Å². The van der Waals surface area contributed by atoms with E-state index in [-0.39, 0.29) is 11.7 Å². The Hall–Kier alpha value is -1.62. The van der Waals surface area contributed by atoms with Crippen molar-refractivity contribution < 1.29 is 19.0 Å². The number of benzene rings is 1. The maximum absolute atomic E-state index is 13.6. The van der Waals surface area contributed by atoms with Crippen LogP contribution in [0, 0.1) is 11.7 Å². The highest BCUT2D eigenvalue weighted by molar-refractivity contribution is 5.74. The number of halogens is 1. The summed E-state index contributed by atoms with van der Waals surface area (Å²) in [5, 5.41) is 9.23. The fourth-order valence-corrected chi connectivity index (χ4v) is 2.36. The zero-order chi connectivity index (χ0) is 14.0. The van der Waals surface area contributed by atoms with E-state index >= 15 is 0 Å². The first kappa shape index (κ1) is 13.8. The third-order valence-electron chi connectivity index (χ3n) is 3.44. The zero-order valence-electron chi connectivity index (χ0n) is 11.1. The third-order valence-corrected chi connectivity index (χ3v) is 3.44. The lowest BCUT2D eigenvalue weighted by atomic mass is 10.1. The molecular weight excluding hydrogens is 249 g/mol. The van der Waals surface area contributed by atoms with Crippen molar-refractivity contribution >= 4 is 5.97 Å². The van der Waals surface area contributed by atoms with Crippen LogP contribution >= 0.6 is 0 Å². The fraction of sp³-hybridized carbons (Fsp3) is 0.500. The predicted octanol–water partition coefficient (Wildman–Crippen LogP) is 2.13. The average molecular weight is 267 g/mol. The standard InChI is InChI=1S/C14H18FNO3/c1-16(13(14(17)18)10-4-5-10)8-9-3-6-12(19-2)11(15)7-9/h3,6-7,10,13H,4-5,8H2,1-2H3,(H,17,18). The second-order valence-corrected chi connectivity index (χ2v) is 5.00. The SMILES string of the molecule is COc1ccc(CN(C)C(C(=O)O)C2CC2)cc1F. The van der Waals surface area contributed by atoms with Crippen LogP contribution in [0.2, 0.25) is 0 Å². The molecule has 2 rings (SSSR count). The number of nitrogens with zero attached hydrogens (tertiary/aromatic N) is 1. The van der Waals surface area contributed by atoms with Crippen LogP contribution in [0.25, 0.3) is 0 Å². The molecule has 1 saturated carbocycles. The number of hydrogen-bond acceptors (Lipinski definition) is 3. The maximum atomic E-state index is 13.6. The van der Waals surface area contributed by atoms with Gasteiger partial charge in [-0.25, -0.2) is 4.39 Å². The predicted molar refractivity (Wildman–Crippen MR) is 68.6 cm³/mol. The lowest BCUT2D eigenvalue weighted by molar-refractivity contribution is -0.143. The van der Waals surface area contributed by atoms with Gasteiger partial charge in [0.05, 0.1) is 7.11 Å². The topological polar surface area (TPSA) is 49.8 Å². The van der Waals surface area contributed by atoms with Crippen LogP contribution in [0.5, 0.6) is 5.75 Å². The number of likely N-dealkylation sites (N-methyl/N-ethyl adjacent to an activating group) is 1. The molecule has 0 aliphatic heterocycles. The lowest BCUT2D eigenvalue weighted by Gasteiger charge is -2.24. The number of aliphatic carboxylic acids is 1. The molecule has 4 nitrogen and oxygen atoms in total. The Kier molecular flexibility index (Phi) is 4.04. The number of hydrogen-bond donors (Lipinski definition) is 1. The van der Waals surface area contributed by atoms with Gasteiger partial charge in [-0.3, -0.25) is 9.69 Å². The number of carboxylic acid groups (broad SMARTS) is 1. The van der Waals surface area contributed by atoms with Gasteiger partial charge in [-0.15, -0.1) is 0 Å². The summed E-state index contributed by atoms with van der Waals surface area (Å²) in [5.74, 6) is -0.806. The summed E-state index contributed by atoms with van der Waals surface area (Å²) < 4.78 is 18.4. The number of ether oxygens (including phenoxy) is 1. The quantitative estimate of drug-likeness (QED) is 0.857. The van der Waals surface area contributed by atoms with Gasteiger partial charge < -0.3 is 9.84 Å². The van der Waals surface area contributed by atoms with E-state index in [1.54, 1.807) is 24.1 Å². The first-order chi connectivity index (χ1) is 9.02. The normalized spacial score (nSPS) is 16.4. The Labute approximate surface area is 111 Å². The number of carbonyl (C=O) groups is 1. The van der Waals surface area contributed by atoms with E-state index in [0.717, 1.165) is 18.4 Å². The van der Waals surface area contributed by atoms with Gasteiger partial charge in [0.1, 0.15) is 6.04 Å². The number of rotatable bonds is 6. The van der Waals surface area contributed by atoms with E-state index < -0.39 is 17.8 Å². The second kappa shape index (κ2) is 5.57. The van der Waals surface area contributed by atoms with Gasteiger partial charge in [-0.05, 0) is 43.5 Å². The van der Waals surface area contributed by atoms with Crippen molar-refractivity contribution in [1.82, 2.24) is 4.90 Å². The lowest BCUT2D eigenvalue weighted by Crippen LogP contribution is -2.39. The van der Waals surface area contributed by atoms with Crippen molar-refractivity contribution in [3.8, 4) is 5.75 Å². The number of carboxylic acids is 1. The van der Waals surface area contributed by atoms with Crippen LogP contribution in [0.1, 0.15) is 18.4 Å². The van der Waals surface area contributed by atoms with Crippen molar-refractivity contribution in [3.63, 3.8) is 0 Å². The summed E-state index contributed by atoms with van der Waals surface area (Å²) in [6, 6.07) is 4.22. The molecule has 0 heterocycles. The van der Waals surface area contributed by atoms with E-state index in [1.165, 1.54) is 13.2 Å². The van der Waals surface area contributed by atoms with E-state index in [0.29, 0.717) is 6.54 Å². The van der Waals surface area contributed by atoms with E-state index in [1.807, 2.05) is 0 Å². The summed E-state index contributed by atoms with van der Waals surface area (Å²) in [5.41, 5.74) is 0.743. The minimum Gasteiger partial charge on any atom is -0.494 e. The largest absolute Gasteiger partial charge is 0.494 e. The highest BCUT2D eigenvalue weighted by Gasteiger charge is 2.38. The first-order valence-corrected chi connectivity index (χ1v) is 6.28. The van der Waals surface area contributed by atoms with Gasteiger partial charge in [-0.1, -0.05) is 6.07 Å². The van der Waals surface area contributed by atoms with Crippen LogP contribution in [-0.4, -0.2) is 36.2 Å². The third kappa shape index (κ3) is 3.23. The fourth-order valence-electron chi connectivity index (χ4n) is 2.36. The molecule has 0 amide bonds. The van der Waals surface area contributed by atoms with Crippen LogP contribution in [-0.2, 0) is 11.3 Å². The molecule has 0 saturated heterocycles. The monoisotopic (exact) mass is 267 g/mol. The Balaban J connectivity index is 2.07. The highest BCUT2D eigenvalue weighted by Crippen LogP contribution is 2.35. The molecule has 0 bridgehead atoms. The van der Waals surface area contributed by atoms with Crippen molar-refractivity contribution in [2.45, 2.75) is 25.4 Å². The molecule has 0 aromatic heterocycles. The first-order valence-electron chi connectivity index (χ1n) is 6.28. The molecule has 5 heteroatoms. The Morgan fingerprint density at radius 1 is 1.58 bits per heavy atom. The van der Waals surface area contributed by atoms with Crippen LogP contribution in [0.4, 0.5) is 4.39 Å². The second-order valence-electron chi connectivity index (χ2n) is 5.00. The van der Waals surface area contributed by atoms with Crippen molar-refractivity contribution in [3.05, 3.63) is 29.6 Å². The molecule has 19 heavy (non-hydrogen) atoms. The molecule has 1 N–H and O–H groups in total. The average Bonchev–Trinajstić information content (AvgIpc) is 3.13. The van der Waals surface area contributed by atoms with E-state index in [9.17, 15) is 14.3 Å². The van der Waals surface area contributed by atoms with E-state index in [2.05, 4.69) is 0 Å². The minimum absolute atomic E-state index is 0.198. The van der Waals surface area contributed by atoms with E-state index in [4.69, 9.17) is 4.74 Å². The molecule has 1 aliphatic carbocycles. The molecule has 0 spiro atoms. The van der Waals surface area contributed by atoms with Crippen LogP contribution in [0.3, 0.4) is 0 Å². The van der Waals surface area contributed by atoms with Gasteiger partial charge >= 0.3 is 5.97 Å². The summed E-state index contributed by atoms with van der Waals surface area (Å²) in [4.78, 5) is 13.0. The summed E-state index contributed by atoms with van der Waals surface area (Å²) in [7, 11) is 3.18. The van der Waals surface area contributed by atoms with Crippen molar-refractivity contribution in [2.75, 3.05) is 14.2 Å². The van der Waals surface area contributed by atoms with Gasteiger partial charge in [0.2, 0.25) is 0 Å². The molecule has 0 radical (unpaired) electrons. The summed E-state index contributed by atoms with van der Waals surface area (Å²) in [6.45, 7) is 0.411. The molecule has 104 valence electrons. The molecule has 1 aromatic carbocycles. The van der Waals surface area contributed by atoms with Crippen molar-refractivity contribution in [1.29, 1.82) is 0 Å². The molecule has 1 atom stereocenters.